The number of aryl methyl sites for hydroxylation is 1. The summed E-state index contributed by atoms with van der Waals surface area (Å²) in [4.78, 5) is 16.7. The van der Waals surface area contributed by atoms with Gasteiger partial charge in [-0.25, -0.2) is 4.98 Å². The van der Waals surface area contributed by atoms with Crippen molar-refractivity contribution in [2.24, 2.45) is 0 Å². The Bertz CT molecular complexity index is 774. The molecule has 2 aromatic heterocycles. The summed E-state index contributed by atoms with van der Waals surface area (Å²) in [6.07, 6.45) is 3.55. The number of carbonyl (C=O) groups is 1. The summed E-state index contributed by atoms with van der Waals surface area (Å²) in [6.45, 7) is 0.854. The number of hydrogen-bond acceptors (Lipinski definition) is 4. The van der Waals surface area contributed by atoms with E-state index >= 15 is 0 Å². The Labute approximate surface area is 125 Å². The second-order valence-corrected chi connectivity index (χ2v) is 6.23. The third-order valence-electron chi connectivity index (χ3n) is 3.77. The molecule has 21 heavy (non-hydrogen) atoms. The molecular formula is C15H14N4OS. The Balaban J connectivity index is 1.51. The monoisotopic (exact) mass is 298 g/mol. The molecule has 3 aromatic rings. The Kier molecular flexibility index (Phi) is 2.96. The van der Waals surface area contributed by atoms with Crippen molar-refractivity contribution in [2.45, 2.75) is 25.4 Å². The number of fused-ring (bicyclic) bond motifs is 2. The van der Waals surface area contributed by atoms with Gasteiger partial charge in [0, 0.05) is 30.9 Å². The summed E-state index contributed by atoms with van der Waals surface area (Å²) < 4.78 is 3.05. The fraction of sp³-hybridized carbons (Fsp3) is 0.267. The van der Waals surface area contributed by atoms with E-state index in [1.54, 1.807) is 0 Å². The molecule has 106 valence electrons. The van der Waals surface area contributed by atoms with Gasteiger partial charge in [0.1, 0.15) is 0 Å². The molecule has 1 aliphatic rings. The van der Waals surface area contributed by atoms with Gasteiger partial charge in [0.25, 0.3) is 5.91 Å². The number of amides is 1. The first-order chi connectivity index (χ1) is 10.3. The van der Waals surface area contributed by atoms with Gasteiger partial charge in [0.05, 0.1) is 10.2 Å². The lowest BCUT2D eigenvalue weighted by molar-refractivity contribution is 0.0930. The standard InChI is InChI=1S/C15H14N4OS/c20-14(15-18-12-3-1-2-4-13(12)21-15)17-10-6-8-19-11(9-10)5-7-16-19/h1-5,7,10H,6,8-9H2,(H,17,20)/t10-/m0/s1. The summed E-state index contributed by atoms with van der Waals surface area (Å²) in [5, 5.41) is 7.88. The highest BCUT2D eigenvalue weighted by atomic mass is 32.1. The molecule has 0 spiro atoms. The Morgan fingerprint density at radius 1 is 1.33 bits per heavy atom. The second-order valence-electron chi connectivity index (χ2n) is 5.20. The average Bonchev–Trinajstić information content (AvgIpc) is 3.13. The lowest BCUT2D eigenvalue weighted by Gasteiger charge is -2.23. The zero-order valence-corrected chi connectivity index (χ0v) is 12.1. The Morgan fingerprint density at radius 2 is 2.24 bits per heavy atom. The second kappa shape index (κ2) is 4.96. The van der Waals surface area contributed by atoms with Crippen molar-refractivity contribution >= 4 is 27.5 Å². The van der Waals surface area contributed by atoms with Gasteiger partial charge in [0.15, 0.2) is 5.01 Å². The number of benzene rings is 1. The highest BCUT2D eigenvalue weighted by molar-refractivity contribution is 7.20. The maximum absolute atomic E-state index is 12.3. The smallest absolute Gasteiger partial charge is 0.280 e. The first-order valence-electron chi connectivity index (χ1n) is 6.97. The molecule has 0 fully saturated rings. The van der Waals surface area contributed by atoms with Crippen molar-refractivity contribution in [1.29, 1.82) is 0 Å². The van der Waals surface area contributed by atoms with Crippen LogP contribution in [0.3, 0.4) is 0 Å². The predicted molar refractivity (Wildman–Crippen MR) is 81.4 cm³/mol. The minimum absolute atomic E-state index is 0.0748. The molecule has 1 amide bonds. The third kappa shape index (κ3) is 2.31. The molecule has 5 nitrogen and oxygen atoms in total. The van der Waals surface area contributed by atoms with E-state index in [9.17, 15) is 4.79 Å². The highest BCUT2D eigenvalue weighted by Gasteiger charge is 2.22. The first kappa shape index (κ1) is 12.5. The molecule has 0 radical (unpaired) electrons. The van der Waals surface area contributed by atoms with Crippen LogP contribution >= 0.6 is 11.3 Å². The van der Waals surface area contributed by atoms with Gasteiger partial charge in [-0.1, -0.05) is 12.1 Å². The summed E-state index contributed by atoms with van der Waals surface area (Å²) in [6, 6.07) is 9.99. The maximum atomic E-state index is 12.3. The normalized spacial score (nSPS) is 17.6. The zero-order valence-electron chi connectivity index (χ0n) is 11.3. The molecule has 0 aliphatic carbocycles. The van der Waals surface area contributed by atoms with E-state index in [1.165, 1.54) is 17.0 Å². The molecule has 6 heteroatoms. The predicted octanol–water partition coefficient (Wildman–Crippen LogP) is 2.24. The van der Waals surface area contributed by atoms with Gasteiger partial charge in [-0.15, -0.1) is 11.3 Å². The third-order valence-corrected chi connectivity index (χ3v) is 4.81. The fourth-order valence-corrected chi connectivity index (χ4v) is 3.58. The van der Waals surface area contributed by atoms with E-state index in [-0.39, 0.29) is 11.9 Å². The number of rotatable bonds is 2. The van der Waals surface area contributed by atoms with Crippen LogP contribution in [0.5, 0.6) is 0 Å². The quantitative estimate of drug-likeness (QED) is 0.789. The molecule has 0 bridgehead atoms. The van der Waals surface area contributed by atoms with Crippen molar-refractivity contribution in [3.8, 4) is 0 Å². The molecule has 1 N–H and O–H groups in total. The van der Waals surface area contributed by atoms with Gasteiger partial charge < -0.3 is 5.32 Å². The molecule has 1 aromatic carbocycles. The number of thiazole rings is 1. The van der Waals surface area contributed by atoms with Gasteiger partial charge in [0.2, 0.25) is 0 Å². The molecule has 3 heterocycles. The number of carbonyl (C=O) groups excluding carboxylic acids is 1. The molecule has 0 saturated carbocycles. The van der Waals surface area contributed by atoms with E-state index in [4.69, 9.17) is 0 Å². The first-order valence-corrected chi connectivity index (χ1v) is 7.78. The van der Waals surface area contributed by atoms with E-state index in [0.717, 1.165) is 29.6 Å². The average molecular weight is 298 g/mol. The molecule has 1 atom stereocenters. The molecule has 4 rings (SSSR count). The summed E-state index contributed by atoms with van der Waals surface area (Å²) in [5.41, 5.74) is 2.06. The zero-order chi connectivity index (χ0) is 14.2. The van der Waals surface area contributed by atoms with Gasteiger partial charge in [-0.3, -0.25) is 9.48 Å². The van der Waals surface area contributed by atoms with Crippen LogP contribution in [0.15, 0.2) is 36.5 Å². The Morgan fingerprint density at radius 3 is 3.14 bits per heavy atom. The van der Waals surface area contributed by atoms with Crippen molar-refractivity contribution < 1.29 is 4.79 Å². The van der Waals surface area contributed by atoms with Gasteiger partial charge in [-0.2, -0.15) is 5.10 Å². The minimum Gasteiger partial charge on any atom is -0.347 e. The number of nitrogens with one attached hydrogen (secondary N) is 1. The van der Waals surface area contributed by atoms with E-state index in [0.29, 0.717) is 5.01 Å². The lowest BCUT2D eigenvalue weighted by Crippen LogP contribution is -2.40. The topological polar surface area (TPSA) is 59.8 Å². The van der Waals surface area contributed by atoms with Crippen LogP contribution in [-0.2, 0) is 13.0 Å². The fourth-order valence-electron chi connectivity index (χ4n) is 2.71. The number of aromatic nitrogens is 3. The van der Waals surface area contributed by atoms with Gasteiger partial charge >= 0.3 is 0 Å². The molecule has 0 unspecified atom stereocenters. The van der Waals surface area contributed by atoms with Crippen LogP contribution in [-0.4, -0.2) is 26.7 Å². The SMILES string of the molecule is O=C(N[C@H]1CCn2nccc2C1)c1nc2ccccc2s1. The highest BCUT2D eigenvalue weighted by Crippen LogP contribution is 2.22. The van der Waals surface area contributed by atoms with Crippen molar-refractivity contribution in [1.82, 2.24) is 20.1 Å². The minimum atomic E-state index is -0.0748. The molecule has 0 saturated heterocycles. The summed E-state index contributed by atoms with van der Waals surface area (Å²) >= 11 is 1.44. The summed E-state index contributed by atoms with van der Waals surface area (Å²) in [5.74, 6) is -0.0748. The van der Waals surface area contributed by atoms with Crippen LogP contribution in [0.4, 0.5) is 0 Å². The van der Waals surface area contributed by atoms with Crippen LogP contribution in [0.1, 0.15) is 21.9 Å². The Hall–Kier alpha value is -2.21. The number of nitrogens with zero attached hydrogens (tertiary/aromatic N) is 3. The van der Waals surface area contributed by atoms with E-state index in [1.807, 2.05) is 41.2 Å². The van der Waals surface area contributed by atoms with Crippen LogP contribution in [0.25, 0.3) is 10.2 Å². The van der Waals surface area contributed by atoms with Crippen molar-refractivity contribution in [3.63, 3.8) is 0 Å². The van der Waals surface area contributed by atoms with Crippen LogP contribution in [0, 0.1) is 0 Å². The van der Waals surface area contributed by atoms with Gasteiger partial charge in [-0.05, 0) is 24.6 Å². The maximum Gasteiger partial charge on any atom is 0.280 e. The van der Waals surface area contributed by atoms with Crippen molar-refractivity contribution in [3.05, 3.63) is 47.2 Å². The molecular weight excluding hydrogens is 284 g/mol. The number of hydrogen-bond donors (Lipinski definition) is 1. The lowest BCUT2D eigenvalue weighted by atomic mass is 10.0. The largest absolute Gasteiger partial charge is 0.347 e. The summed E-state index contributed by atoms with van der Waals surface area (Å²) in [7, 11) is 0. The number of para-hydroxylation sites is 1. The molecule has 1 aliphatic heterocycles. The van der Waals surface area contributed by atoms with Crippen molar-refractivity contribution in [2.75, 3.05) is 0 Å². The van der Waals surface area contributed by atoms with E-state index in [2.05, 4.69) is 15.4 Å². The van der Waals surface area contributed by atoms with Crippen LogP contribution < -0.4 is 5.32 Å². The van der Waals surface area contributed by atoms with E-state index < -0.39 is 0 Å². The van der Waals surface area contributed by atoms with Crippen LogP contribution in [0.2, 0.25) is 0 Å².